The minimum Gasteiger partial charge on any atom is -0.390 e. The summed E-state index contributed by atoms with van der Waals surface area (Å²) in [7, 11) is -4.63. The number of rotatable bonds is 6. The maximum atomic E-state index is 12.2. The lowest BCUT2D eigenvalue weighted by molar-refractivity contribution is -0.148. The van der Waals surface area contributed by atoms with E-state index in [4.69, 9.17) is 18.9 Å². The van der Waals surface area contributed by atoms with Crippen molar-refractivity contribution >= 4 is 16.1 Å². The summed E-state index contributed by atoms with van der Waals surface area (Å²) in [6.07, 6.45) is -6.59. The van der Waals surface area contributed by atoms with Crippen LogP contribution in [0.5, 0.6) is 0 Å². The van der Waals surface area contributed by atoms with Crippen molar-refractivity contribution < 1.29 is 39.4 Å². The molecular weight excluding hydrogens is 737 g/mol. The van der Waals surface area contributed by atoms with E-state index >= 15 is 0 Å². The molecule has 0 amide bonds. The van der Waals surface area contributed by atoms with Crippen LogP contribution in [0.1, 0.15) is 168 Å². The summed E-state index contributed by atoms with van der Waals surface area (Å²) in [4.78, 5) is 0. The number of ether oxygens (including phenoxy) is 4. The Morgan fingerprint density at radius 3 is 0.786 bits per heavy atom. The maximum absolute atomic E-state index is 12.2. The first-order valence-corrected chi connectivity index (χ1v) is 26.1. The summed E-state index contributed by atoms with van der Waals surface area (Å²) in [6.45, 7) is 35.2. The average molecular weight is 807 g/mol. The zero-order valence-electron chi connectivity index (χ0n) is 36.8. The molecule has 4 N–H and O–H groups in total. The Labute approximate surface area is 338 Å². The molecule has 8 aliphatic rings. The SMILES string of the molecule is CC(C)[Si](C#Cc1c2c(c(C#C[Si](C(C)C)(C(C)C)C(C)C)c3c1[C@@H]1[C@H](O)[C@H](O)[C@H]3[C@H]3OC(C)(C)O[C@H]31)[C@H]1[C@@H](O)[C@@H](O)[C@@H]2[C@@H]2OC(C)(C)O[C@@H]21)(C(C)C)C(C)C. The highest BCUT2D eigenvalue weighted by Crippen LogP contribution is 2.64. The van der Waals surface area contributed by atoms with Gasteiger partial charge in [0.2, 0.25) is 0 Å². The fourth-order valence-electron chi connectivity index (χ4n) is 13.4. The molecule has 8 nitrogen and oxygen atoms in total. The Hall–Kier alpha value is -1.55. The molecule has 1 aromatic carbocycles. The van der Waals surface area contributed by atoms with Crippen LogP contribution >= 0.6 is 0 Å². The van der Waals surface area contributed by atoms with E-state index in [1.165, 1.54) is 0 Å². The third-order valence-corrected chi connectivity index (χ3v) is 28.0. The summed E-state index contributed by atoms with van der Waals surface area (Å²) in [6, 6.07) is 0. The molecule has 9 rings (SSSR count). The third kappa shape index (κ3) is 5.82. The Balaban J connectivity index is 1.68. The molecule has 4 bridgehead atoms. The summed E-state index contributed by atoms with van der Waals surface area (Å²) >= 11 is 0. The maximum Gasteiger partial charge on any atom is 0.163 e. The monoisotopic (exact) mass is 806 g/mol. The van der Waals surface area contributed by atoms with Gasteiger partial charge in [0.05, 0.1) is 48.8 Å². The van der Waals surface area contributed by atoms with Gasteiger partial charge in [-0.1, -0.05) is 94.9 Å². The fourth-order valence-corrected chi connectivity index (χ4v) is 23.8. The lowest BCUT2D eigenvalue weighted by Gasteiger charge is -2.55. The van der Waals surface area contributed by atoms with Crippen LogP contribution in [0.3, 0.4) is 0 Å². The zero-order chi connectivity index (χ0) is 41.5. The van der Waals surface area contributed by atoms with E-state index in [0.29, 0.717) is 33.2 Å². The Bertz CT molecular complexity index is 1610. The van der Waals surface area contributed by atoms with Crippen LogP contribution in [-0.2, 0) is 18.9 Å². The van der Waals surface area contributed by atoms with Crippen LogP contribution in [0.25, 0.3) is 0 Å². The minimum absolute atomic E-state index is 0.370. The molecule has 2 aliphatic heterocycles. The second-order valence-electron chi connectivity index (χ2n) is 20.9. The van der Waals surface area contributed by atoms with Crippen LogP contribution in [0.15, 0.2) is 0 Å². The number of hydrogen-bond acceptors (Lipinski definition) is 8. The van der Waals surface area contributed by atoms with Gasteiger partial charge in [-0.2, -0.15) is 0 Å². The Kier molecular flexibility index (Phi) is 10.7. The number of hydrogen-bond donors (Lipinski definition) is 4. The van der Waals surface area contributed by atoms with Gasteiger partial charge in [-0.05, 0) is 83.2 Å². The van der Waals surface area contributed by atoms with Gasteiger partial charge >= 0.3 is 0 Å². The molecular formula is C46H70O8Si2. The molecule has 0 radical (unpaired) electrons. The minimum atomic E-state index is -2.31. The highest BCUT2D eigenvalue weighted by Gasteiger charge is 2.68. The lowest BCUT2D eigenvalue weighted by atomic mass is 9.53. The van der Waals surface area contributed by atoms with Crippen LogP contribution in [0.4, 0.5) is 0 Å². The van der Waals surface area contributed by atoms with Gasteiger partial charge in [-0.3, -0.25) is 0 Å². The van der Waals surface area contributed by atoms with Gasteiger partial charge in [0.25, 0.3) is 0 Å². The van der Waals surface area contributed by atoms with Gasteiger partial charge < -0.3 is 39.4 Å². The van der Waals surface area contributed by atoms with Crippen molar-refractivity contribution in [3.05, 3.63) is 33.4 Å². The van der Waals surface area contributed by atoms with Crippen LogP contribution < -0.4 is 0 Å². The molecule has 56 heavy (non-hydrogen) atoms. The first-order chi connectivity index (χ1) is 25.9. The van der Waals surface area contributed by atoms with Crippen molar-refractivity contribution in [2.24, 2.45) is 0 Å². The van der Waals surface area contributed by atoms with E-state index in [9.17, 15) is 20.4 Å². The number of aliphatic hydroxyl groups excluding tert-OH is 4. The predicted octanol–water partition coefficient (Wildman–Crippen LogP) is 7.70. The van der Waals surface area contributed by atoms with Gasteiger partial charge in [-0.25, -0.2) is 0 Å². The molecule has 2 heterocycles. The van der Waals surface area contributed by atoms with E-state index < -0.39 is 100 Å². The molecule has 0 aromatic heterocycles. The Morgan fingerprint density at radius 1 is 0.411 bits per heavy atom. The molecule has 1 aromatic rings. The summed E-state index contributed by atoms with van der Waals surface area (Å²) in [5.74, 6) is 3.26. The summed E-state index contributed by atoms with van der Waals surface area (Å²) < 4.78 is 26.7. The molecule has 2 saturated carbocycles. The van der Waals surface area contributed by atoms with E-state index in [1.54, 1.807) is 0 Å². The largest absolute Gasteiger partial charge is 0.390 e. The Morgan fingerprint density at radius 2 is 0.607 bits per heavy atom. The van der Waals surface area contributed by atoms with Crippen molar-refractivity contribution in [2.75, 3.05) is 0 Å². The molecule has 2 saturated heterocycles. The number of aliphatic hydroxyl groups is 4. The topological polar surface area (TPSA) is 118 Å². The number of benzene rings is 1. The highest BCUT2D eigenvalue weighted by atomic mass is 28.3. The second kappa shape index (κ2) is 14.0. The van der Waals surface area contributed by atoms with E-state index in [0.717, 1.165) is 33.4 Å². The van der Waals surface area contributed by atoms with Crippen LogP contribution in [0, 0.1) is 22.9 Å². The molecule has 6 aliphatic carbocycles. The van der Waals surface area contributed by atoms with Gasteiger partial charge in [-0.15, -0.1) is 11.1 Å². The van der Waals surface area contributed by atoms with Crippen molar-refractivity contribution in [3.8, 4) is 22.9 Å². The van der Waals surface area contributed by atoms with E-state index in [-0.39, 0.29) is 0 Å². The molecule has 12 atom stereocenters. The third-order valence-electron chi connectivity index (χ3n) is 15.4. The molecule has 4 fully saturated rings. The molecule has 10 heteroatoms. The number of fused-ring (bicyclic) bond motifs is 2. The highest BCUT2D eigenvalue weighted by molar-refractivity contribution is 6.91. The molecule has 0 unspecified atom stereocenters. The lowest BCUT2D eigenvalue weighted by Crippen LogP contribution is -2.61. The zero-order valence-corrected chi connectivity index (χ0v) is 38.8. The van der Waals surface area contributed by atoms with Crippen molar-refractivity contribution in [1.29, 1.82) is 0 Å². The summed E-state index contributed by atoms with van der Waals surface area (Å²) in [5.41, 5.74) is 15.3. The van der Waals surface area contributed by atoms with Gasteiger partial charge in [0, 0.05) is 34.8 Å². The van der Waals surface area contributed by atoms with E-state index in [2.05, 4.69) is 106 Å². The van der Waals surface area contributed by atoms with Crippen molar-refractivity contribution in [1.82, 2.24) is 0 Å². The van der Waals surface area contributed by atoms with Crippen molar-refractivity contribution in [3.63, 3.8) is 0 Å². The normalized spacial score (nSPS) is 36.2. The second-order valence-corrected chi connectivity index (χ2v) is 32.1. The fraction of sp³-hybridized carbons (Fsp3) is 0.783. The summed E-state index contributed by atoms with van der Waals surface area (Å²) in [5, 5.41) is 48.7. The van der Waals surface area contributed by atoms with Gasteiger partial charge in [0.15, 0.2) is 11.6 Å². The van der Waals surface area contributed by atoms with Crippen LogP contribution in [-0.4, -0.2) is 97.0 Å². The average Bonchev–Trinajstić information content (AvgIpc) is 3.58. The first-order valence-electron chi connectivity index (χ1n) is 21.6. The van der Waals surface area contributed by atoms with Crippen molar-refractivity contribution in [2.45, 2.75) is 228 Å². The molecule has 0 spiro atoms. The molecule has 310 valence electrons. The smallest absolute Gasteiger partial charge is 0.163 e. The first kappa shape index (κ1) is 42.6. The quantitative estimate of drug-likeness (QED) is 0.171. The standard InChI is InChI=1S/C46H70O8Si2/c1-21(2)55(22(3)4,23(5)6)19-17-27-29-31(35-39(49)37(47)33(29)41-43(35)53-45(13,14)51-41)28(18-20-56(24(7)8,25(9)10)26(11)12)32-30(27)34-38(48)40(50)36(32)44-42(34)52-46(15,16)54-44/h21-26,33-44,47-50H,1-16H3/t33-,34-,35+,36+,37+,38+,39-,40-,41+,42+,43-,44-. The predicted molar refractivity (Wildman–Crippen MR) is 225 cm³/mol. The van der Waals surface area contributed by atoms with Crippen LogP contribution in [0.2, 0.25) is 33.2 Å². The van der Waals surface area contributed by atoms with E-state index in [1.807, 2.05) is 27.7 Å². The van der Waals surface area contributed by atoms with Gasteiger partial charge in [0.1, 0.15) is 16.1 Å².